The van der Waals surface area contributed by atoms with Crippen molar-refractivity contribution in [2.45, 2.75) is 38.1 Å². The number of nitrogens with zero attached hydrogens (tertiary/aromatic N) is 1. The number of ether oxygens (including phenoxy) is 2. The Hall–Kier alpha value is -2.05. The maximum absolute atomic E-state index is 13.4. The van der Waals surface area contributed by atoms with Gasteiger partial charge in [-0.3, -0.25) is 0 Å². The van der Waals surface area contributed by atoms with Crippen LogP contribution < -0.4 is 9.47 Å². The van der Waals surface area contributed by atoms with E-state index in [2.05, 4.69) is 0 Å². The molecule has 3 rings (SSSR count). The van der Waals surface area contributed by atoms with Gasteiger partial charge in [-0.25, -0.2) is 8.42 Å². The Kier molecular flexibility index (Phi) is 4.99. The lowest BCUT2D eigenvalue weighted by Gasteiger charge is -2.35. The fourth-order valence-electron chi connectivity index (χ4n) is 3.79. The van der Waals surface area contributed by atoms with Crippen molar-refractivity contribution in [1.29, 1.82) is 0 Å². The number of benzene rings is 2. The molecular formula is C20H25NO4S. The zero-order valence-electron chi connectivity index (χ0n) is 15.9. The van der Waals surface area contributed by atoms with Gasteiger partial charge in [0.25, 0.3) is 0 Å². The molecule has 0 radical (unpaired) electrons. The molecule has 26 heavy (non-hydrogen) atoms. The number of methoxy groups -OCH3 is 2. The van der Waals surface area contributed by atoms with Crippen molar-refractivity contribution in [3.8, 4) is 11.5 Å². The minimum Gasteiger partial charge on any atom is -0.497 e. The van der Waals surface area contributed by atoms with Gasteiger partial charge in [-0.05, 0) is 73.7 Å². The summed E-state index contributed by atoms with van der Waals surface area (Å²) in [6.45, 7) is 6.02. The second kappa shape index (κ2) is 6.93. The molecule has 2 aromatic rings. The predicted molar refractivity (Wildman–Crippen MR) is 101 cm³/mol. The molecule has 0 aliphatic carbocycles. The van der Waals surface area contributed by atoms with E-state index in [0.717, 1.165) is 16.9 Å². The lowest BCUT2D eigenvalue weighted by atomic mass is 9.95. The number of fused-ring (bicyclic) bond motifs is 1. The molecule has 1 heterocycles. The van der Waals surface area contributed by atoms with E-state index in [-0.39, 0.29) is 6.04 Å². The molecule has 1 unspecified atom stereocenters. The Morgan fingerprint density at radius 2 is 1.62 bits per heavy atom. The summed E-state index contributed by atoms with van der Waals surface area (Å²) in [6.07, 6.45) is 0.671. The first-order valence-corrected chi connectivity index (χ1v) is 10.1. The summed E-state index contributed by atoms with van der Waals surface area (Å²) in [5.41, 5.74) is 3.58. The minimum atomic E-state index is -3.61. The molecule has 0 spiro atoms. The number of sulfonamides is 1. The first-order chi connectivity index (χ1) is 12.3. The van der Waals surface area contributed by atoms with Gasteiger partial charge in [-0.1, -0.05) is 6.07 Å². The van der Waals surface area contributed by atoms with Gasteiger partial charge in [-0.15, -0.1) is 0 Å². The van der Waals surface area contributed by atoms with Gasteiger partial charge >= 0.3 is 0 Å². The van der Waals surface area contributed by atoms with Crippen LogP contribution in [0.5, 0.6) is 11.5 Å². The number of hydrogen-bond donors (Lipinski definition) is 0. The van der Waals surface area contributed by atoms with Gasteiger partial charge in [0.05, 0.1) is 19.1 Å². The molecule has 1 atom stereocenters. The first kappa shape index (κ1) is 18.7. The summed E-state index contributed by atoms with van der Waals surface area (Å²) in [6, 6.07) is 9.17. The number of hydrogen-bond acceptors (Lipinski definition) is 4. The summed E-state index contributed by atoms with van der Waals surface area (Å²) in [4.78, 5) is 0.377. The summed E-state index contributed by atoms with van der Waals surface area (Å²) >= 11 is 0. The van der Waals surface area contributed by atoms with E-state index in [9.17, 15) is 8.42 Å². The Morgan fingerprint density at radius 1 is 1.00 bits per heavy atom. The van der Waals surface area contributed by atoms with Crippen LogP contribution in [0.3, 0.4) is 0 Å². The first-order valence-electron chi connectivity index (χ1n) is 8.63. The molecular weight excluding hydrogens is 350 g/mol. The Bertz CT molecular complexity index is 914. The SMILES string of the molecule is COc1cc(C)c(S(=O)(=O)N2CCc3cc(OC)ccc3C2C)c(C)c1. The van der Waals surface area contributed by atoms with Gasteiger partial charge in [0.1, 0.15) is 11.5 Å². The van der Waals surface area contributed by atoms with Crippen LogP contribution in [0.1, 0.15) is 35.2 Å². The molecule has 5 nitrogen and oxygen atoms in total. The smallest absolute Gasteiger partial charge is 0.244 e. The highest BCUT2D eigenvalue weighted by atomic mass is 32.2. The van der Waals surface area contributed by atoms with Gasteiger partial charge in [-0.2, -0.15) is 4.31 Å². The molecule has 0 aromatic heterocycles. The maximum Gasteiger partial charge on any atom is 0.244 e. The zero-order chi connectivity index (χ0) is 19.1. The molecule has 0 saturated carbocycles. The van der Waals surface area contributed by atoms with Crippen LogP contribution in [0.15, 0.2) is 35.2 Å². The lowest BCUT2D eigenvalue weighted by molar-refractivity contribution is 0.325. The molecule has 2 aromatic carbocycles. The fourth-order valence-corrected chi connectivity index (χ4v) is 5.82. The molecule has 0 saturated heterocycles. The second-order valence-corrected chi connectivity index (χ2v) is 8.52. The third kappa shape index (κ3) is 3.08. The van der Waals surface area contributed by atoms with Crippen LogP contribution in [0.2, 0.25) is 0 Å². The molecule has 1 aliphatic heterocycles. The highest BCUT2D eigenvalue weighted by Crippen LogP contribution is 2.37. The van der Waals surface area contributed by atoms with Crippen LogP contribution in [-0.2, 0) is 16.4 Å². The average Bonchev–Trinajstić information content (AvgIpc) is 2.60. The fraction of sp³-hybridized carbons (Fsp3) is 0.400. The van der Waals surface area contributed by atoms with Crippen LogP contribution in [0.25, 0.3) is 0 Å². The van der Waals surface area contributed by atoms with Crippen molar-refractivity contribution >= 4 is 10.0 Å². The number of aryl methyl sites for hydroxylation is 2. The largest absolute Gasteiger partial charge is 0.497 e. The van der Waals surface area contributed by atoms with Crippen LogP contribution >= 0.6 is 0 Å². The van der Waals surface area contributed by atoms with Crippen LogP contribution in [-0.4, -0.2) is 33.5 Å². The lowest BCUT2D eigenvalue weighted by Crippen LogP contribution is -2.39. The van der Waals surface area contributed by atoms with E-state index in [1.807, 2.05) is 39.0 Å². The van der Waals surface area contributed by atoms with Crippen molar-refractivity contribution in [2.24, 2.45) is 0 Å². The third-order valence-electron chi connectivity index (χ3n) is 5.07. The van der Waals surface area contributed by atoms with Gasteiger partial charge in [0.15, 0.2) is 0 Å². The highest BCUT2D eigenvalue weighted by molar-refractivity contribution is 7.89. The van der Waals surface area contributed by atoms with Gasteiger partial charge in [0, 0.05) is 12.6 Å². The molecule has 0 N–H and O–H groups in total. The summed E-state index contributed by atoms with van der Waals surface area (Å²) < 4.78 is 39.0. The van der Waals surface area contributed by atoms with E-state index in [1.54, 1.807) is 30.7 Å². The van der Waals surface area contributed by atoms with Crippen molar-refractivity contribution in [1.82, 2.24) is 4.31 Å². The molecule has 0 bridgehead atoms. The van der Waals surface area contributed by atoms with Crippen LogP contribution in [0.4, 0.5) is 0 Å². The molecule has 6 heteroatoms. The molecule has 140 valence electrons. The Balaban J connectivity index is 2.03. The predicted octanol–water partition coefficient (Wildman–Crippen LogP) is 3.63. The van der Waals surface area contributed by atoms with E-state index < -0.39 is 10.0 Å². The summed E-state index contributed by atoms with van der Waals surface area (Å²) in [5, 5.41) is 0. The molecule has 1 aliphatic rings. The monoisotopic (exact) mass is 375 g/mol. The number of rotatable bonds is 4. The average molecular weight is 375 g/mol. The summed E-state index contributed by atoms with van der Waals surface area (Å²) in [5.74, 6) is 1.47. The van der Waals surface area contributed by atoms with E-state index in [4.69, 9.17) is 9.47 Å². The van der Waals surface area contributed by atoms with E-state index in [1.165, 1.54) is 0 Å². The molecule has 0 fully saturated rings. The van der Waals surface area contributed by atoms with Crippen molar-refractivity contribution in [3.63, 3.8) is 0 Å². The zero-order valence-corrected chi connectivity index (χ0v) is 16.7. The highest BCUT2D eigenvalue weighted by Gasteiger charge is 2.35. The Labute approximate surface area is 155 Å². The van der Waals surface area contributed by atoms with E-state index >= 15 is 0 Å². The standard InChI is InChI=1S/C20H25NO4S/c1-13-10-18(25-5)11-14(2)20(13)26(22,23)21-9-8-16-12-17(24-4)6-7-19(16)15(21)3/h6-7,10-12,15H,8-9H2,1-5H3. The van der Waals surface area contributed by atoms with Crippen molar-refractivity contribution in [2.75, 3.05) is 20.8 Å². The normalized spacial score (nSPS) is 17.7. The van der Waals surface area contributed by atoms with Gasteiger partial charge in [0.2, 0.25) is 10.0 Å². The second-order valence-electron chi connectivity index (χ2n) is 6.70. The topological polar surface area (TPSA) is 55.8 Å². The van der Waals surface area contributed by atoms with E-state index in [0.29, 0.717) is 34.7 Å². The Morgan fingerprint density at radius 3 is 2.19 bits per heavy atom. The minimum absolute atomic E-state index is 0.226. The quantitative estimate of drug-likeness (QED) is 0.819. The van der Waals surface area contributed by atoms with Crippen molar-refractivity contribution in [3.05, 3.63) is 52.6 Å². The van der Waals surface area contributed by atoms with Crippen LogP contribution in [0, 0.1) is 13.8 Å². The van der Waals surface area contributed by atoms with Crippen molar-refractivity contribution < 1.29 is 17.9 Å². The van der Waals surface area contributed by atoms with Gasteiger partial charge < -0.3 is 9.47 Å². The third-order valence-corrected chi connectivity index (χ3v) is 7.35. The summed E-state index contributed by atoms with van der Waals surface area (Å²) in [7, 11) is -0.387. The maximum atomic E-state index is 13.4. The molecule has 0 amide bonds.